The Morgan fingerprint density at radius 2 is 1.87 bits per heavy atom. The second-order valence-corrected chi connectivity index (χ2v) is 4.39. The largest absolute Gasteiger partial charge is 0.481 e. The summed E-state index contributed by atoms with van der Waals surface area (Å²) in [6.07, 6.45) is -1.12. The van der Waals surface area contributed by atoms with Gasteiger partial charge < -0.3 is 20.8 Å². The van der Waals surface area contributed by atoms with Gasteiger partial charge in [-0.3, -0.25) is 14.2 Å². The average Bonchev–Trinajstić information content (AvgIpc) is 2.11. The van der Waals surface area contributed by atoms with Gasteiger partial charge in [0.05, 0.1) is 5.41 Å². The molecular formula is C7H14NO6P. The zero-order valence-corrected chi connectivity index (χ0v) is 8.97. The van der Waals surface area contributed by atoms with Crippen molar-refractivity contribution in [2.75, 3.05) is 12.7 Å². The number of hydrogen-bond donors (Lipinski definition) is 4. The van der Waals surface area contributed by atoms with Crippen LogP contribution in [0, 0.1) is 5.41 Å². The number of hydrogen-bond acceptors (Lipinski definition) is 4. The molecule has 5 N–H and O–H groups in total. The number of carboxylic acid groups (broad SMARTS) is 2. The summed E-state index contributed by atoms with van der Waals surface area (Å²) in [5.41, 5.74) is 3.63. The molecule has 0 aromatic carbocycles. The van der Waals surface area contributed by atoms with Gasteiger partial charge in [0.25, 0.3) is 0 Å². The predicted molar refractivity (Wildman–Crippen MR) is 52.1 cm³/mol. The van der Waals surface area contributed by atoms with E-state index in [0.29, 0.717) is 0 Å². The lowest BCUT2D eigenvalue weighted by Crippen LogP contribution is -2.41. The minimum absolute atomic E-state index is 0.245. The van der Waals surface area contributed by atoms with Gasteiger partial charge in [-0.2, -0.15) is 0 Å². The molecule has 0 aliphatic heterocycles. The lowest BCUT2D eigenvalue weighted by atomic mass is 9.85. The second kappa shape index (κ2) is 5.85. The first-order chi connectivity index (χ1) is 6.84. The molecule has 0 aromatic heterocycles. The third-order valence-electron chi connectivity index (χ3n) is 2.15. The topological polar surface area (TPSA) is 138 Å². The number of aliphatic carboxylic acids is 2. The van der Waals surface area contributed by atoms with Gasteiger partial charge in [0, 0.05) is 19.1 Å². The van der Waals surface area contributed by atoms with Gasteiger partial charge in [0.1, 0.15) is 0 Å². The number of carboxylic acids is 2. The Morgan fingerprint density at radius 1 is 1.33 bits per heavy atom. The van der Waals surface area contributed by atoms with E-state index in [1.165, 1.54) is 0 Å². The fourth-order valence-electron chi connectivity index (χ4n) is 1.17. The molecule has 88 valence electrons. The van der Waals surface area contributed by atoms with Crippen LogP contribution in [0.5, 0.6) is 0 Å². The van der Waals surface area contributed by atoms with Crippen LogP contribution in [0.4, 0.5) is 0 Å². The van der Waals surface area contributed by atoms with Crippen LogP contribution in [0.25, 0.3) is 0 Å². The summed E-state index contributed by atoms with van der Waals surface area (Å²) in [7, 11) is -3.00. The third kappa shape index (κ3) is 4.42. The molecular weight excluding hydrogens is 225 g/mol. The van der Waals surface area contributed by atoms with Crippen molar-refractivity contribution >= 4 is 20.0 Å². The van der Waals surface area contributed by atoms with Crippen molar-refractivity contribution in [3.63, 3.8) is 0 Å². The van der Waals surface area contributed by atoms with Crippen LogP contribution >= 0.6 is 8.03 Å². The van der Waals surface area contributed by atoms with Crippen molar-refractivity contribution in [2.45, 2.75) is 12.8 Å². The van der Waals surface area contributed by atoms with E-state index in [9.17, 15) is 14.2 Å². The van der Waals surface area contributed by atoms with Gasteiger partial charge in [-0.25, -0.2) is 0 Å². The average molecular weight is 239 g/mol. The van der Waals surface area contributed by atoms with Crippen LogP contribution in [0.3, 0.4) is 0 Å². The van der Waals surface area contributed by atoms with Crippen LogP contribution in [-0.2, 0) is 14.2 Å². The van der Waals surface area contributed by atoms with E-state index in [-0.39, 0.29) is 13.0 Å². The monoisotopic (exact) mass is 239 g/mol. The highest BCUT2D eigenvalue weighted by Gasteiger charge is 2.38. The van der Waals surface area contributed by atoms with Crippen molar-refractivity contribution < 1.29 is 29.3 Å². The Bertz CT molecular complexity index is 281. The van der Waals surface area contributed by atoms with Crippen LogP contribution in [0.2, 0.25) is 0 Å². The molecule has 0 heterocycles. The smallest absolute Gasteiger partial charge is 0.311 e. The molecule has 8 heteroatoms. The normalized spacial score (nSPS) is 16.7. The van der Waals surface area contributed by atoms with Crippen LogP contribution < -0.4 is 5.73 Å². The Kier molecular flexibility index (Phi) is 5.49. The maximum Gasteiger partial charge on any atom is 0.311 e. The quantitative estimate of drug-likeness (QED) is 0.433. The maximum absolute atomic E-state index is 10.9. The maximum atomic E-state index is 10.9. The lowest BCUT2D eigenvalue weighted by molar-refractivity contribution is -0.148. The Hall–Kier alpha value is -0.910. The number of nitrogens with two attached hydrogens (primary N) is 1. The molecule has 15 heavy (non-hydrogen) atoms. The first-order valence-electron chi connectivity index (χ1n) is 4.21. The van der Waals surface area contributed by atoms with Gasteiger partial charge in [0.2, 0.25) is 0 Å². The van der Waals surface area contributed by atoms with Crippen molar-refractivity contribution in [3.8, 4) is 0 Å². The number of carbonyl (C=O) groups is 2. The van der Waals surface area contributed by atoms with Gasteiger partial charge in [-0.05, 0) is 6.42 Å². The molecule has 2 atom stereocenters. The SMILES string of the molecule is NCC(CCC(=O)O)(C[PH](=O)O)C(=O)O. The first kappa shape index (κ1) is 14.1. The van der Waals surface area contributed by atoms with Crippen LogP contribution in [0.1, 0.15) is 12.8 Å². The zero-order chi connectivity index (χ0) is 12.1. The van der Waals surface area contributed by atoms with Crippen LogP contribution in [-0.4, -0.2) is 39.8 Å². The molecule has 0 saturated carbocycles. The summed E-state index contributed by atoms with van der Waals surface area (Å²) in [5, 5.41) is 17.3. The molecule has 0 saturated heterocycles. The molecule has 0 aliphatic carbocycles. The Balaban J connectivity index is 4.72. The lowest BCUT2D eigenvalue weighted by Gasteiger charge is -2.25. The third-order valence-corrected chi connectivity index (χ3v) is 3.13. The fourth-order valence-corrected chi connectivity index (χ4v) is 2.22. The highest BCUT2D eigenvalue weighted by atomic mass is 31.1. The molecule has 0 aliphatic rings. The summed E-state index contributed by atoms with van der Waals surface area (Å²) in [4.78, 5) is 29.9. The van der Waals surface area contributed by atoms with Crippen molar-refractivity contribution in [1.29, 1.82) is 0 Å². The highest BCUT2D eigenvalue weighted by molar-refractivity contribution is 7.38. The molecule has 0 radical (unpaired) electrons. The van der Waals surface area contributed by atoms with E-state index >= 15 is 0 Å². The minimum Gasteiger partial charge on any atom is -0.481 e. The van der Waals surface area contributed by atoms with Crippen molar-refractivity contribution in [1.82, 2.24) is 0 Å². The fraction of sp³-hybridized carbons (Fsp3) is 0.714. The Morgan fingerprint density at radius 3 is 2.13 bits per heavy atom. The summed E-state index contributed by atoms with van der Waals surface area (Å²) >= 11 is 0. The predicted octanol–water partition coefficient (Wildman–Crippen LogP) is -0.652. The standard InChI is InChI=1S/C7H14NO6P/c8-3-7(6(11)12,4-15(13)14)2-1-5(9)10/h15H,1-4,8H2,(H,9,10)(H,11,12)(H,13,14). The van der Waals surface area contributed by atoms with E-state index in [1.54, 1.807) is 0 Å². The summed E-state index contributed by atoms with van der Waals surface area (Å²) < 4.78 is 10.6. The molecule has 0 aromatic rings. The zero-order valence-electron chi connectivity index (χ0n) is 7.97. The van der Waals surface area contributed by atoms with Crippen molar-refractivity contribution in [3.05, 3.63) is 0 Å². The van der Waals surface area contributed by atoms with E-state index in [1.807, 2.05) is 0 Å². The highest BCUT2D eigenvalue weighted by Crippen LogP contribution is 2.32. The first-order valence-corrected chi connectivity index (χ1v) is 5.77. The second-order valence-electron chi connectivity index (χ2n) is 3.25. The molecule has 0 bridgehead atoms. The molecule has 7 nitrogen and oxygen atoms in total. The van der Waals surface area contributed by atoms with Crippen LogP contribution in [0.15, 0.2) is 0 Å². The minimum atomic E-state index is -3.00. The van der Waals surface area contributed by atoms with Crippen molar-refractivity contribution in [2.24, 2.45) is 11.1 Å². The van der Waals surface area contributed by atoms with Gasteiger partial charge >= 0.3 is 11.9 Å². The van der Waals surface area contributed by atoms with Gasteiger partial charge in [-0.15, -0.1) is 0 Å². The summed E-state index contributed by atoms with van der Waals surface area (Å²) in [5.74, 6) is -2.50. The Labute approximate surface area is 86.8 Å². The molecule has 2 unspecified atom stereocenters. The van der Waals surface area contributed by atoms with Gasteiger partial charge in [-0.1, -0.05) is 0 Å². The van der Waals surface area contributed by atoms with E-state index < -0.39 is 38.0 Å². The molecule has 0 rings (SSSR count). The summed E-state index contributed by atoms with van der Waals surface area (Å²) in [6, 6.07) is 0. The molecule has 0 amide bonds. The van der Waals surface area contributed by atoms with E-state index in [2.05, 4.69) is 0 Å². The number of rotatable bonds is 7. The molecule has 0 spiro atoms. The van der Waals surface area contributed by atoms with Gasteiger partial charge in [0.15, 0.2) is 8.03 Å². The molecule has 0 fully saturated rings. The van der Waals surface area contributed by atoms with E-state index in [0.717, 1.165) is 0 Å². The summed E-state index contributed by atoms with van der Waals surface area (Å²) in [6.45, 7) is -0.355. The van der Waals surface area contributed by atoms with E-state index in [4.69, 9.17) is 20.8 Å².